The van der Waals surface area contributed by atoms with E-state index in [1.54, 1.807) is 0 Å². The van der Waals surface area contributed by atoms with Gasteiger partial charge in [-0.25, -0.2) is 0 Å². The number of ether oxygens (including phenoxy) is 3. The summed E-state index contributed by atoms with van der Waals surface area (Å²) < 4.78 is 16.1. The molecule has 0 aromatic carbocycles. The largest absolute Gasteiger partial charge is 0.465 e. The zero-order valence-corrected chi connectivity index (χ0v) is 22.5. The van der Waals surface area contributed by atoms with Crippen molar-refractivity contribution in [2.75, 3.05) is 26.4 Å². The molecule has 0 aromatic heterocycles. The summed E-state index contributed by atoms with van der Waals surface area (Å²) in [4.78, 5) is 25.0. The summed E-state index contributed by atoms with van der Waals surface area (Å²) in [6.07, 6.45) is 23.2. The van der Waals surface area contributed by atoms with E-state index in [9.17, 15) is 9.59 Å². The van der Waals surface area contributed by atoms with Gasteiger partial charge < -0.3 is 14.2 Å². The van der Waals surface area contributed by atoms with Crippen molar-refractivity contribution in [2.24, 2.45) is 11.8 Å². The van der Waals surface area contributed by atoms with Crippen molar-refractivity contribution in [3.05, 3.63) is 0 Å². The second-order valence-electron chi connectivity index (χ2n) is 9.98. The lowest BCUT2D eigenvalue weighted by Gasteiger charge is -2.28. The summed E-state index contributed by atoms with van der Waals surface area (Å²) in [5.41, 5.74) is 0. The first-order valence-electron chi connectivity index (χ1n) is 14.6. The minimum absolute atomic E-state index is 0.211. The highest BCUT2D eigenvalue weighted by molar-refractivity contribution is 5.82. The highest BCUT2D eigenvalue weighted by atomic mass is 16.6. The van der Waals surface area contributed by atoms with Crippen molar-refractivity contribution in [2.45, 2.75) is 136 Å². The van der Waals surface area contributed by atoms with Gasteiger partial charge in [0.25, 0.3) is 0 Å². The van der Waals surface area contributed by atoms with Crippen LogP contribution >= 0.6 is 0 Å². The van der Waals surface area contributed by atoms with Crippen LogP contribution in [0.5, 0.6) is 0 Å². The van der Waals surface area contributed by atoms with Crippen LogP contribution in [0.1, 0.15) is 136 Å². The monoisotopic (exact) mass is 482 g/mol. The lowest BCUT2D eigenvalue weighted by atomic mass is 9.79. The maximum Gasteiger partial charge on any atom is 0.309 e. The van der Waals surface area contributed by atoms with Gasteiger partial charge >= 0.3 is 11.9 Å². The Morgan fingerprint density at radius 1 is 0.559 bits per heavy atom. The van der Waals surface area contributed by atoms with Crippen LogP contribution in [0.15, 0.2) is 0 Å². The number of hydrogen-bond acceptors (Lipinski definition) is 5. The molecule has 0 aromatic rings. The zero-order chi connectivity index (χ0) is 24.7. The van der Waals surface area contributed by atoms with E-state index in [1.807, 2.05) is 6.92 Å². The van der Waals surface area contributed by atoms with Gasteiger partial charge in [-0.1, -0.05) is 110 Å². The smallest absolute Gasteiger partial charge is 0.309 e. The van der Waals surface area contributed by atoms with Crippen LogP contribution in [-0.4, -0.2) is 38.4 Å². The van der Waals surface area contributed by atoms with E-state index in [2.05, 4.69) is 6.92 Å². The summed E-state index contributed by atoms with van der Waals surface area (Å²) in [5, 5.41) is 0. The van der Waals surface area contributed by atoms with Crippen molar-refractivity contribution >= 4 is 11.9 Å². The third-order valence-corrected chi connectivity index (χ3v) is 7.04. The summed E-state index contributed by atoms with van der Waals surface area (Å²) in [5.74, 6) is -1.18. The van der Waals surface area contributed by atoms with Crippen molar-refractivity contribution < 1.29 is 23.8 Å². The van der Waals surface area contributed by atoms with Crippen LogP contribution in [-0.2, 0) is 23.8 Å². The Morgan fingerprint density at radius 3 is 1.41 bits per heavy atom. The Bertz CT molecular complexity index is 493. The predicted molar refractivity (Wildman–Crippen MR) is 139 cm³/mol. The Labute approximate surface area is 210 Å². The molecule has 2 atom stereocenters. The molecule has 0 amide bonds. The summed E-state index contributed by atoms with van der Waals surface area (Å²) in [6.45, 7) is 5.92. The topological polar surface area (TPSA) is 61.8 Å². The molecule has 5 nitrogen and oxygen atoms in total. The van der Waals surface area contributed by atoms with Crippen molar-refractivity contribution in [1.82, 2.24) is 0 Å². The molecular weight excluding hydrogens is 428 g/mol. The molecule has 0 saturated heterocycles. The highest BCUT2D eigenvalue weighted by Gasteiger charge is 2.37. The van der Waals surface area contributed by atoms with E-state index >= 15 is 0 Å². The molecule has 0 heterocycles. The standard InChI is InChI=1S/C29H54O5/c1-3-5-6-7-8-9-10-11-12-13-14-15-16-17-20-23-33-28(30)26-21-18-19-22-27(26)29(31)34-25-24-32-4-2/h26-27H,3-25H2,1-2H3. The molecule has 34 heavy (non-hydrogen) atoms. The van der Waals surface area contributed by atoms with Crippen molar-refractivity contribution in [1.29, 1.82) is 0 Å². The molecule has 0 aliphatic heterocycles. The fourth-order valence-electron chi connectivity index (χ4n) is 4.90. The summed E-state index contributed by atoms with van der Waals surface area (Å²) >= 11 is 0. The Kier molecular flexibility index (Phi) is 20.3. The predicted octanol–water partition coefficient (Wildman–Crippen LogP) is 7.79. The van der Waals surface area contributed by atoms with E-state index in [-0.39, 0.29) is 30.4 Å². The lowest BCUT2D eigenvalue weighted by Crippen LogP contribution is -2.35. The van der Waals surface area contributed by atoms with Gasteiger partial charge in [-0.05, 0) is 26.2 Å². The van der Waals surface area contributed by atoms with Crippen LogP contribution in [0, 0.1) is 11.8 Å². The first-order chi connectivity index (χ1) is 16.7. The molecule has 5 heteroatoms. The summed E-state index contributed by atoms with van der Waals surface area (Å²) in [7, 11) is 0. The van der Waals surface area contributed by atoms with Crippen LogP contribution in [0.4, 0.5) is 0 Å². The number of carbonyl (C=O) groups is 2. The van der Waals surface area contributed by atoms with E-state index in [0.717, 1.165) is 32.1 Å². The highest BCUT2D eigenvalue weighted by Crippen LogP contribution is 2.32. The summed E-state index contributed by atoms with van der Waals surface area (Å²) in [6, 6.07) is 0. The van der Waals surface area contributed by atoms with Crippen LogP contribution < -0.4 is 0 Å². The van der Waals surface area contributed by atoms with Gasteiger partial charge in [0.05, 0.1) is 25.0 Å². The molecule has 0 bridgehead atoms. The molecule has 1 fully saturated rings. The number of carbonyl (C=O) groups excluding carboxylic acids is 2. The minimum Gasteiger partial charge on any atom is -0.465 e. The number of esters is 2. The van der Waals surface area contributed by atoms with Gasteiger partial charge in [0.2, 0.25) is 0 Å². The second kappa shape index (κ2) is 22.4. The second-order valence-corrected chi connectivity index (χ2v) is 9.98. The first-order valence-corrected chi connectivity index (χ1v) is 14.6. The lowest BCUT2D eigenvalue weighted by molar-refractivity contribution is -0.163. The molecule has 1 rings (SSSR count). The van der Waals surface area contributed by atoms with Crippen LogP contribution in [0.25, 0.3) is 0 Å². The van der Waals surface area contributed by atoms with Gasteiger partial charge in [-0.15, -0.1) is 0 Å². The van der Waals surface area contributed by atoms with Crippen LogP contribution in [0.3, 0.4) is 0 Å². The molecule has 0 spiro atoms. The molecule has 0 radical (unpaired) electrons. The normalized spacial score (nSPS) is 18.1. The maximum atomic E-state index is 12.6. The zero-order valence-electron chi connectivity index (χ0n) is 22.5. The van der Waals surface area contributed by atoms with E-state index in [4.69, 9.17) is 14.2 Å². The Morgan fingerprint density at radius 2 is 0.971 bits per heavy atom. The average Bonchev–Trinajstić information content (AvgIpc) is 2.86. The average molecular weight is 483 g/mol. The molecular formula is C29H54O5. The van der Waals surface area contributed by atoms with Gasteiger partial charge in [0, 0.05) is 6.61 Å². The third-order valence-electron chi connectivity index (χ3n) is 7.04. The van der Waals surface area contributed by atoms with Crippen molar-refractivity contribution in [3.8, 4) is 0 Å². The maximum absolute atomic E-state index is 12.6. The number of rotatable bonds is 22. The quantitative estimate of drug-likeness (QED) is 0.116. The first kappa shape index (κ1) is 30.9. The van der Waals surface area contributed by atoms with E-state index in [0.29, 0.717) is 26.2 Å². The fourth-order valence-corrected chi connectivity index (χ4v) is 4.90. The number of hydrogen-bond donors (Lipinski definition) is 0. The van der Waals surface area contributed by atoms with Gasteiger partial charge in [0.15, 0.2) is 0 Å². The molecule has 2 unspecified atom stereocenters. The van der Waals surface area contributed by atoms with Gasteiger partial charge in [0.1, 0.15) is 6.61 Å². The Hall–Kier alpha value is -1.10. The molecule has 1 aliphatic carbocycles. The van der Waals surface area contributed by atoms with E-state index < -0.39 is 0 Å². The number of unbranched alkanes of at least 4 members (excludes halogenated alkanes) is 14. The fraction of sp³-hybridized carbons (Fsp3) is 0.931. The Balaban J connectivity index is 1.99. The van der Waals surface area contributed by atoms with Crippen molar-refractivity contribution in [3.63, 3.8) is 0 Å². The molecule has 1 saturated carbocycles. The third kappa shape index (κ3) is 15.7. The minimum atomic E-state index is -0.357. The molecule has 0 N–H and O–H groups in total. The van der Waals surface area contributed by atoms with Gasteiger partial charge in [-0.2, -0.15) is 0 Å². The van der Waals surface area contributed by atoms with E-state index in [1.165, 1.54) is 83.5 Å². The van der Waals surface area contributed by atoms with Crippen LogP contribution in [0.2, 0.25) is 0 Å². The van der Waals surface area contributed by atoms with Gasteiger partial charge in [-0.3, -0.25) is 9.59 Å². The molecule has 200 valence electrons. The molecule has 1 aliphatic rings. The SMILES string of the molecule is CCCCCCCCCCCCCCCCCOC(=O)C1CCCCC1C(=O)OCCOCC.